The second-order valence-electron chi connectivity index (χ2n) is 5.38. The highest BCUT2D eigenvalue weighted by Gasteiger charge is 2.39. The van der Waals surface area contributed by atoms with Crippen molar-refractivity contribution in [3.8, 4) is 0 Å². The van der Waals surface area contributed by atoms with E-state index < -0.39 is 17.4 Å². The van der Waals surface area contributed by atoms with Gasteiger partial charge in [0, 0.05) is 30.2 Å². The number of nitrogens with zero attached hydrogens (tertiary/aromatic N) is 1. The van der Waals surface area contributed by atoms with E-state index in [9.17, 15) is 14.0 Å². The van der Waals surface area contributed by atoms with Gasteiger partial charge in [-0.2, -0.15) is 11.8 Å². The fraction of sp³-hybridized carbons (Fsp3) is 0.500. The molecule has 1 saturated heterocycles. The first-order chi connectivity index (χ1) is 11.6. The van der Waals surface area contributed by atoms with Gasteiger partial charge in [0.2, 0.25) is 0 Å². The van der Waals surface area contributed by atoms with Crippen LogP contribution in [-0.2, 0) is 9.53 Å². The topological polar surface area (TPSA) is 78.9 Å². The maximum atomic E-state index is 13.0. The molecule has 1 amide bonds. The van der Waals surface area contributed by atoms with E-state index in [2.05, 4.69) is 5.32 Å². The molecule has 0 saturated carbocycles. The lowest BCUT2D eigenvalue weighted by Crippen LogP contribution is -2.66. The van der Waals surface area contributed by atoms with Crippen molar-refractivity contribution in [2.75, 3.05) is 44.4 Å². The van der Waals surface area contributed by atoms with E-state index in [4.69, 9.17) is 9.84 Å². The van der Waals surface area contributed by atoms with Gasteiger partial charge in [0.25, 0.3) is 5.91 Å². The summed E-state index contributed by atoms with van der Waals surface area (Å²) in [5.74, 6) is -0.103. The third-order valence-electron chi connectivity index (χ3n) is 3.76. The molecule has 1 aromatic carbocycles. The maximum absolute atomic E-state index is 13.0. The highest BCUT2D eigenvalue weighted by atomic mass is 32.2. The molecule has 0 aliphatic carbocycles. The Morgan fingerprint density at radius 3 is 2.62 bits per heavy atom. The third-order valence-corrected chi connectivity index (χ3v) is 4.88. The minimum Gasteiger partial charge on any atom is -0.396 e. The zero-order chi connectivity index (χ0) is 17.4. The number of hydrogen-bond acceptors (Lipinski definition) is 6. The van der Waals surface area contributed by atoms with Gasteiger partial charge in [0.15, 0.2) is 11.9 Å². The van der Waals surface area contributed by atoms with Gasteiger partial charge in [-0.3, -0.25) is 14.5 Å². The highest BCUT2D eigenvalue weighted by Crippen LogP contribution is 2.19. The van der Waals surface area contributed by atoms with Crippen LogP contribution in [0.15, 0.2) is 24.3 Å². The number of amides is 1. The predicted octanol–water partition coefficient (Wildman–Crippen LogP) is 0.508. The van der Waals surface area contributed by atoms with Crippen molar-refractivity contribution in [1.82, 2.24) is 10.2 Å². The first kappa shape index (κ1) is 18.9. The standard InChI is InChI=1S/C16H21FN2O4S/c17-14-3-1-13(2-4-14)15(22)18-16(11-21,12-24-10-7-20)19-5-8-23-9-6-19/h1-4,11,20H,5-10,12H2,(H,18,22)/t16-/m1/s1. The average Bonchev–Trinajstić information content (AvgIpc) is 2.62. The highest BCUT2D eigenvalue weighted by molar-refractivity contribution is 7.99. The molecule has 1 heterocycles. The molecular formula is C16H21FN2O4S. The van der Waals surface area contributed by atoms with Crippen LogP contribution < -0.4 is 5.32 Å². The lowest BCUT2D eigenvalue weighted by Gasteiger charge is -2.42. The van der Waals surface area contributed by atoms with Crippen LogP contribution in [0.3, 0.4) is 0 Å². The van der Waals surface area contributed by atoms with Crippen molar-refractivity contribution in [1.29, 1.82) is 0 Å². The van der Waals surface area contributed by atoms with Gasteiger partial charge in [-0.05, 0) is 24.3 Å². The summed E-state index contributed by atoms with van der Waals surface area (Å²) in [6, 6.07) is 5.15. The molecule has 0 bridgehead atoms. The van der Waals surface area contributed by atoms with Crippen LogP contribution in [0.25, 0.3) is 0 Å². The summed E-state index contributed by atoms with van der Waals surface area (Å²) in [6.45, 7) is 1.98. The minimum absolute atomic E-state index is 0.00533. The van der Waals surface area contributed by atoms with Crippen molar-refractivity contribution >= 4 is 24.0 Å². The molecule has 0 unspecified atom stereocenters. The van der Waals surface area contributed by atoms with Crippen LogP contribution in [0.2, 0.25) is 0 Å². The van der Waals surface area contributed by atoms with Crippen LogP contribution in [-0.4, -0.2) is 72.3 Å². The SMILES string of the molecule is O=C[C@@](CSCCO)(NC(=O)c1ccc(F)cc1)N1CCOCC1. The molecule has 2 N–H and O–H groups in total. The smallest absolute Gasteiger partial charge is 0.253 e. The van der Waals surface area contributed by atoms with Crippen LogP contribution in [0.5, 0.6) is 0 Å². The Hall–Kier alpha value is -1.48. The Labute approximate surface area is 144 Å². The van der Waals surface area contributed by atoms with E-state index in [0.29, 0.717) is 37.8 Å². The number of carbonyl (C=O) groups is 2. The average molecular weight is 356 g/mol. The molecule has 0 aromatic heterocycles. The van der Waals surface area contributed by atoms with Crippen LogP contribution in [0.4, 0.5) is 4.39 Å². The predicted molar refractivity (Wildman–Crippen MR) is 89.5 cm³/mol. The fourth-order valence-corrected chi connectivity index (χ4v) is 3.38. The van der Waals surface area contributed by atoms with Gasteiger partial charge >= 0.3 is 0 Å². The number of aldehydes is 1. The number of carbonyl (C=O) groups excluding carboxylic acids is 2. The number of morpholine rings is 1. The van der Waals surface area contributed by atoms with E-state index in [1.807, 2.05) is 4.90 Å². The third kappa shape index (κ3) is 4.76. The van der Waals surface area contributed by atoms with E-state index in [-0.39, 0.29) is 12.2 Å². The number of nitrogens with one attached hydrogen (secondary N) is 1. The summed E-state index contributed by atoms with van der Waals surface area (Å²) in [5.41, 5.74) is -0.905. The molecule has 1 aliphatic heterocycles. The molecular weight excluding hydrogens is 335 g/mol. The molecule has 132 valence electrons. The van der Waals surface area contributed by atoms with Gasteiger partial charge in [-0.1, -0.05) is 0 Å². The van der Waals surface area contributed by atoms with Gasteiger partial charge < -0.3 is 15.2 Å². The maximum Gasteiger partial charge on any atom is 0.253 e. The van der Waals surface area contributed by atoms with E-state index >= 15 is 0 Å². The second-order valence-corrected chi connectivity index (χ2v) is 6.48. The molecule has 0 spiro atoms. The summed E-state index contributed by atoms with van der Waals surface area (Å²) in [6.07, 6.45) is 0.726. The summed E-state index contributed by atoms with van der Waals surface area (Å²) >= 11 is 1.38. The zero-order valence-corrected chi connectivity index (χ0v) is 14.1. The lowest BCUT2D eigenvalue weighted by atomic mass is 10.1. The number of rotatable bonds is 8. The number of thioether (sulfide) groups is 1. The van der Waals surface area contributed by atoms with Gasteiger partial charge in [0.05, 0.1) is 19.8 Å². The van der Waals surface area contributed by atoms with Gasteiger partial charge in [-0.25, -0.2) is 4.39 Å². The number of halogens is 1. The molecule has 24 heavy (non-hydrogen) atoms. The van der Waals surface area contributed by atoms with Crippen LogP contribution in [0.1, 0.15) is 10.4 Å². The molecule has 6 nitrogen and oxygen atoms in total. The summed E-state index contributed by atoms with van der Waals surface area (Å²) in [7, 11) is 0. The molecule has 1 aliphatic rings. The number of benzene rings is 1. The van der Waals surface area contributed by atoms with E-state index in [0.717, 1.165) is 6.29 Å². The van der Waals surface area contributed by atoms with Crippen molar-refractivity contribution in [2.24, 2.45) is 0 Å². The number of hydrogen-bond donors (Lipinski definition) is 2. The lowest BCUT2D eigenvalue weighted by molar-refractivity contribution is -0.122. The summed E-state index contributed by atoms with van der Waals surface area (Å²) in [4.78, 5) is 26.3. The van der Waals surface area contributed by atoms with E-state index in [1.54, 1.807) is 0 Å². The molecule has 1 fully saturated rings. The van der Waals surface area contributed by atoms with Gasteiger partial charge in [0.1, 0.15) is 5.82 Å². The molecule has 1 atom stereocenters. The summed E-state index contributed by atoms with van der Waals surface area (Å²) < 4.78 is 18.3. The zero-order valence-electron chi connectivity index (χ0n) is 13.2. The largest absolute Gasteiger partial charge is 0.396 e. The Bertz CT molecular complexity index is 552. The molecule has 0 radical (unpaired) electrons. The molecule has 2 rings (SSSR count). The Kier molecular flexibility index (Phi) is 7.16. The normalized spacial score (nSPS) is 17.9. The summed E-state index contributed by atoms with van der Waals surface area (Å²) in [5, 5.41) is 11.7. The van der Waals surface area contributed by atoms with Crippen molar-refractivity contribution < 1.29 is 23.8 Å². The molecule has 1 aromatic rings. The van der Waals surface area contributed by atoms with Crippen molar-refractivity contribution in [3.05, 3.63) is 35.6 Å². The van der Waals surface area contributed by atoms with Crippen LogP contribution in [0, 0.1) is 5.82 Å². The first-order valence-electron chi connectivity index (χ1n) is 7.67. The number of ether oxygens (including phenoxy) is 1. The number of aliphatic hydroxyl groups excluding tert-OH is 1. The van der Waals surface area contributed by atoms with Crippen LogP contribution >= 0.6 is 11.8 Å². The van der Waals surface area contributed by atoms with Crippen molar-refractivity contribution in [2.45, 2.75) is 5.66 Å². The Morgan fingerprint density at radius 1 is 1.38 bits per heavy atom. The van der Waals surface area contributed by atoms with E-state index in [1.165, 1.54) is 36.0 Å². The quantitative estimate of drug-likeness (QED) is 0.522. The Morgan fingerprint density at radius 2 is 2.04 bits per heavy atom. The second kappa shape index (κ2) is 9.12. The monoisotopic (exact) mass is 356 g/mol. The number of aliphatic hydroxyl groups is 1. The van der Waals surface area contributed by atoms with Crippen molar-refractivity contribution in [3.63, 3.8) is 0 Å². The minimum atomic E-state index is -1.19. The van der Waals surface area contributed by atoms with Gasteiger partial charge in [-0.15, -0.1) is 0 Å². The molecule has 8 heteroatoms. The first-order valence-corrected chi connectivity index (χ1v) is 8.82. The Balaban J connectivity index is 2.17. The fourth-order valence-electron chi connectivity index (χ4n) is 2.47.